The van der Waals surface area contributed by atoms with Crippen molar-refractivity contribution in [2.75, 3.05) is 16.4 Å². The average molecular weight is 550 g/mol. The van der Waals surface area contributed by atoms with Crippen LogP contribution in [0.4, 0.5) is 11.4 Å². The first-order valence-corrected chi connectivity index (χ1v) is 13.8. The Morgan fingerprint density at radius 1 is 0.700 bits per heavy atom. The van der Waals surface area contributed by atoms with E-state index in [1.807, 2.05) is 81.4 Å². The van der Waals surface area contributed by atoms with Gasteiger partial charge in [-0.25, -0.2) is 0 Å². The van der Waals surface area contributed by atoms with E-state index in [0.29, 0.717) is 11.3 Å². The van der Waals surface area contributed by atoms with E-state index in [1.54, 1.807) is 42.5 Å². The van der Waals surface area contributed by atoms with Gasteiger partial charge in [0.15, 0.2) is 0 Å². The molecule has 0 saturated heterocycles. The molecule has 0 spiro atoms. The molecule has 0 heterocycles. The van der Waals surface area contributed by atoms with Gasteiger partial charge in [-0.15, -0.1) is 11.8 Å². The van der Waals surface area contributed by atoms with Gasteiger partial charge in [0.1, 0.15) is 5.70 Å². The smallest absolute Gasteiger partial charge is 0.272 e. The van der Waals surface area contributed by atoms with Crippen molar-refractivity contribution < 1.29 is 14.4 Å². The van der Waals surface area contributed by atoms with Crippen LogP contribution in [0.5, 0.6) is 0 Å². The highest BCUT2D eigenvalue weighted by molar-refractivity contribution is 8.00. The molecule has 0 aliphatic carbocycles. The Hall–Kier alpha value is -4.62. The fourth-order valence-corrected chi connectivity index (χ4v) is 4.63. The molecule has 0 unspecified atom stereocenters. The second kappa shape index (κ2) is 13.4. The van der Waals surface area contributed by atoms with Crippen LogP contribution in [0, 0.1) is 20.8 Å². The highest BCUT2D eigenvalue weighted by Gasteiger charge is 2.16. The van der Waals surface area contributed by atoms with Crippen LogP contribution in [0.15, 0.2) is 108 Å². The zero-order chi connectivity index (χ0) is 28.5. The number of carbonyl (C=O) groups is 3. The lowest BCUT2D eigenvalue weighted by atomic mass is 10.1. The Morgan fingerprint density at radius 3 is 2.17 bits per heavy atom. The highest BCUT2D eigenvalue weighted by Crippen LogP contribution is 2.23. The molecular formula is C33H31N3O3S. The van der Waals surface area contributed by atoms with E-state index in [-0.39, 0.29) is 23.3 Å². The normalized spacial score (nSPS) is 11.0. The van der Waals surface area contributed by atoms with E-state index in [4.69, 9.17) is 0 Å². The van der Waals surface area contributed by atoms with Crippen molar-refractivity contribution in [3.05, 3.63) is 131 Å². The van der Waals surface area contributed by atoms with Crippen LogP contribution in [0.2, 0.25) is 0 Å². The molecule has 0 fully saturated rings. The number of nitrogens with one attached hydrogen (secondary N) is 3. The largest absolute Gasteiger partial charge is 0.325 e. The number of hydrogen-bond acceptors (Lipinski definition) is 4. The molecule has 7 heteroatoms. The van der Waals surface area contributed by atoms with E-state index in [2.05, 4.69) is 16.0 Å². The van der Waals surface area contributed by atoms with Gasteiger partial charge < -0.3 is 16.0 Å². The van der Waals surface area contributed by atoms with Crippen LogP contribution < -0.4 is 16.0 Å². The maximum Gasteiger partial charge on any atom is 0.272 e. The van der Waals surface area contributed by atoms with Crippen molar-refractivity contribution in [3.63, 3.8) is 0 Å². The summed E-state index contributed by atoms with van der Waals surface area (Å²) in [6.07, 6.45) is 1.67. The number of anilines is 2. The summed E-state index contributed by atoms with van der Waals surface area (Å²) in [6.45, 7) is 5.98. The van der Waals surface area contributed by atoms with Crippen molar-refractivity contribution in [2.24, 2.45) is 0 Å². The van der Waals surface area contributed by atoms with E-state index in [9.17, 15) is 14.4 Å². The van der Waals surface area contributed by atoms with Crippen LogP contribution in [0.3, 0.4) is 0 Å². The van der Waals surface area contributed by atoms with Crippen LogP contribution in [-0.4, -0.2) is 23.5 Å². The predicted molar refractivity (Wildman–Crippen MR) is 163 cm³/mol. The SMILES string of the molecule is Cc1ccc(NC(=O)CSc2cccc(NC(=O)/C(=C/c3ccccc3C)NC(=O)c3ccccc3)c2)cc1C. The summed E-state index contributed by atoms with van der Waals surface area (Å²) in [5, 5.41) is 8.57. The molecule has 3 N–H and O–H groups in total. The molecule has 4 rings (SSSR count). The van der Waals surface area contributed by atoms with Crippen molar-refractivity contribution in [1.82, 2.24) is 5.32 Å². The first-order valence-electron chi connectivity index (χ1n) is 12.8. The molecule has 0 radical (unpaired) electrons. The van der Waals surface area contributed by atoms with Gasteiger partial charge >= 0.3 is 0 Å². The molecule has 0 atom stereocenters. The van der Waals surface area contributed by atoms with Crippen LogP contribution in [0.1, 0.15) is 32.6 Å². The summed E-state index contributed by atoms with van der Waals surface area (Å²) in [7, 11) is 0. The van der Waals surface area contributed by atoms with Gasteiger partial charge in [-0.2, -0.15) is 0 Å². The maximum atomic E-state index is 13.4. The third-order valence-electron chi connectivity index (χ3n) is 6.27. The van der Waals surface area contributed by atoms with Crippen molar-refractivity contribution in [3.8, 4) is 0 Å². The molecule has 4 aromatic carbocycles. The summed E-state index contributed by atoms with van der Waals surface area (Å²) in [4.78, 5) is 39.6. The molecule has 0 aromatic heterocycles. The Kier molecular flexibility index (Phi) is 9.54. The van der Waals surface area contributed by atoms with Gasteiger partial charge in [-0.1, -0.05) is 54.6 Å². The Morgan fingerprint density at radius 2 is 1.43 bits per heavy atom. The summed E-state index contributed by atoms with van der Waals surface area (Å²) in [6, 6.07) is 29.4. The molecule has 40 heavy (non-hydrogen) atoms. The van der Waals surface area contributed by atoms with Gasteiger partial charge in [0.2, 0.25) is 5.91 Å². The quantitative estimate of drug-likeness (QED) is 0.159. The maximum absolute atomic E-state index is 13.4. The van der Waals surface area contributed by atoms with Crippen LogP contribution in [-0.2, 0) is 9.59 Å². The van der Waals surface area contributed by atoms with Gasteiger partial charge in [-0.05, 0) is 91.6 Å². The summed E-state index contributed by atoms with van der Waals surface area (Å²) < 4.78 is 0. The Bertz CT molecular complexity index is 1560. The van der Waals surface area contributed by atoms with E-state index in [1.165, 1.54) is 17.3 Å². The number of thioether (sulfide) groups is 1. The lowest BCUT2D eigenvalue weighted by Crippen LogP contribution is -2.30. The topological polar surface area (TPSA) is 87.3 Å². The lowest BCUT2D eigenvalue weighted by Gasteiger charge is -2.13. The fraction of sp³-hybridized carbons (Fsp3) is 0.121. The van der Waals surface area contributed by atoms with Gasteiger partial charge in [-0.3, -0.25) is 14.4 Å². The van der Waals surface area contributed by atoms with Crippen molar-refractivity contribution in [1.29, 1.82) is 0 Å². The molecule has 0 saturated carbocycles. The number of benzene rings is 4. The van der Waals surface area contributed by atoms with Crippen LogP contribution in [0.25, 0.3) is 6.08 Å². The number of hydrogen-bond donors (Lipinski definition) is 3. The predicted octanol–water partition coefficient (Wildman–Crippen LogP) is 6.75. The molecule has 0 aliphatic rings. The Labute approximate surface area is 238 Å². The molecular weight excluding hydrogens is 518 g/mol. The molecule has 202 valence electrons. The van der Waals surface area contributed by atoms with Gasteiger partial charge in [0.25, 0.3) is 11.8 Å². The lowest BCUT2D eigenvalue weighted by molar-refractivity contribution is -0.114. The van der Waals surface area contributed by atoms with E-state index >= 15 is 0 Å². The second-order valence-corrected chi connectivity index (χ2v) is 10.4. The highest BCUT2D eigenvalue weighted by atomic mass is 32.2. The molecule has 3 amide bonds. The molecule has 0 bridgehead atoms. The fourth-order valence-electron chi connectivity index (χ4n) is 3.87. The summed E-state index contributed by atoms with van der Waals surface area (Å²) in [5.41, 5.74) is 5.96. The minimum atomic E-state index is -0.456. The molecule has 4 aromatic rings. The third-order valence-corrected chi connectivity index (χ3v) is 7.26. The number of rotatable bonds is 9. The third kappa shape index (κ3) is 7.94. The first kappa shape index (κ1) is 28.4. The zero-order valence-electron chi connectivity index (χ0n) is 22.7. The minimum absolute atomic E-state index is 0.116. The minimum Gasteiger partial charge on any atom is -0.325 e. The molecule has 6 nitrogen and oxygen atoms in total. The van der Waals surface area contributed by atoms with Crippen molar-refractivity contribution in [2.45, 2.75) is 25.7 Å². The van der Waals surface area contributed by atoms with Gasteiger partial charge in [0.05, 0.1) is 5.75 Å². The second-order valence-electron chi connectivity index (χ2n) is 9.35. The number of carbonyl (C=O) groups excluding carboxylic acids is 3. The first-order chi connectivity index (χ1) is 19.3. The zero-order valence-corrected chi connectivity index (χ0v) is 23.5. The van der Waals surface area contributed by atoms with Crippen LogP contribution >= 0.6 is 11.8 Å². The average Bonchev–Trinajstić information content (AvgIpc) is 2.95. The summed E-state index contributed by atoms with van der Waals surface area (Å²) >= 11 is 1.37. The summed E-state index contributed by atoms with van der Waals surface area (Å²) in [5.74, 6) is -0.734. The monoisotopic (exact) mass is 549 g/mol. The molecule has 0 aliphatic heterocycles. The number of amides is 3. The standard InChI is InChI=1S/C33H31N3O3S/c1-22-16-17-28(18-24(22)3)34-31(37)21-40-29-15-9-14-27(20-29)35-33(39)30(19-26-13-8-7-10-23(26)2)36-32(38)25-11-5-4-6-12-25/h4-20H,21H2,1-3H3,(H,34,37)(H,35,39)(H,36,38)/b30-19-. The van der Waals surface area contributed by atoms with Crippen molar-refractivity contribution >= 4 is 46.9 Å². The van der Waals surface area contributed by atoms with Gasteiger partial charge in [0, 0.05) is 21.8 Å². The number of aryl methyl sites for hydroxylation is 3. The Balaban J connectivity index is 1.45. The van der Waals surface area contributed by atoms with E-state index in [0.717, 1.165) is 27.3 Å². The van der Waals surface area contributed by atoms with E-state index < -0.39 is 5.91 Å².